The Balaban J connectivity index is 1.73. The number of hydrogen-bond acceptors (Lipinski definition) is 3. The summed E-state index contributed by atoms with van der Waals surface area (Å²) in [7, 11) is 2.02. The molecular formula is C16H23FN2OS. The lowest BCUT2D eigenvalue weighted by Crippen LogP contribution is -2.39. The number of carbonyl (C=O) groups excluding carboxylic acids is 1. The zero-order chi connectivity index (χ0) is 15.2. The fourth-order valence-corrected chi connectivity index (χ4v) is 3.53. The van der Waals surface area contributed by atoms with Gasteiger partial charge in [0.1, 0.15) is 5.82 Å². The summed E-state index contributed by atoms with van der Waals surface area (Å²) in [6.07, 6.45) is 5.74. The summed E-state index contributed by atoms with van der Waals surface area (Å²) in [6.45, 7) is 0.873. The van der Waals surface area contributed by atoms with Crippen LogP contribution < -0.4 is 5.32 Å². The number of halogens is 1. The Morgan fingerprint density at radius 2 is 2.10 bits per heavy atom. The van der Waals surface area contributed by atoms with Gasteiger partial charge in [-0.2, -0.15) is 11.8 Å². The first-order chi connectivity index (χ1) is 10.1. The zero-order valence-electron chi connectivity index (χ0n) is 12.6. The van der Waals surface area contributed by atoms with E-state index in [1.165, 1.54) is 31.4 Å². The molecule has 116 valence electrons. The van der Waals surface area contributed by atoms with Crippen molar-refractivity contribution in [2.24, 2.45) is 0 Å². The van der Waals surface area contributed by atoms with Gasteiger partial charge in [0.15, 0.2) is 0 Å². The van der Waals surface area contributed by atoms with Crippen LogP contribution in [0.2, 0.25) is 0 Å². The molecule has 3 nitrogen and oxygen atoms in total. The predicted molar refractivity (Wildman–Crippen MR) is 85.8 cm³/mol. The van der Waals surface area contributed by atoms with E-state index in [1.54, 1.807) is 12.1 Å². The number of hydrogen-bond donors (Lipinski definition) is 1. The summed E-state index contributed by atoms with van der Waals surface area (Å²) in [5.41, 5.74) is 0.913. The minimum absolute atomic E-state index is 0.0226. The van der Waals surface area contributed by atoms with Crippen molar-refractivity contribution in [3.63, 3.8) is 0 Å². The molecule has 0 aliphatic heterocycles. The van der Waals surface area contributed by atoms with Crippen LogP contribution in [0, 0.1) is 5.82 Å². The summed E-state index contributed by atoms with van der Waals surface area (Å²) < 4.78 is 12.8. The first-order valence-corrected chi connectivity index (χ1v) is 8.61. The number of thioether (sulfide) groups is 1. The van der Waals surface area contributed by atoms with Gasteiger partial charge < -0.3 is 5.32 Å². The van der Waals surface area contributed by atoms with Gasteiger partial charge in [-0.05, 0) is 50.3 Å². The molecule has 0 saturated heterocycles. The molecule has 0 heterocycles. The predicted octanol–water partition coefficient (Wildman–Crippen LogP) is 2.66. The molecule has 0 unspecified atom stereocenters. The second kappa shape index (κ2) is 7.80. The van der Waals surface area contributed by atoms with Crippen molar-refractivity contribution < 1.29 is 9.18 Å². The fraction of sp³-hybridized carbons (Fsp3) is 0.562. The highest BCUT2D eigenvalue weighted by molar-refractivity contribution is 7.99. The first-order valence-electron chi connectivity index (χ1n) is 7.32. The van der Waals surface area contributed by atoms with E-state index in [2.05, 4.69) is 16.5 Å². The lowest BCUT2D eigenvalue weighted by molar-refractivity contribution is -0.122. The van der Waals surface area contributed by atoms with E-state index in [0.29, 0.717) is 19.1 Å². The van der Waals surface area contributed by atoms with Crippen molar-refractivity contribution in [3.8, 4) is 0 Å². The smallest absolute Gasteiger partial charge is 0.234 e. The third-order valence-corrected chi connectivity index (χ3v) is 5.20. The topological polar surface area (TPSA) is 32.3 Å². The number of carbonyl (C=O) groups is 1. The Labute approximate surface area is 130 Å². The number of likely N-dealkylation sites (N-methyl/N-ethyl adjacent to an activating group) is 1. The van der Waals surface area contributed by atoms with Crippen molar-refractivity contribution in [2.45, 2.75) is 37.1 Å². The maximum absolute atomic E-state index is 12.8. The zero-order valence-corrected chi connectivity index (χ0v) is 13.5. The fourth-order valence-electron chi connectivity index (χ4n) is 2.75. The van der Waals surface area contributed by atoms with Crippen molar-refractivity contribution in [1.82, 2.24) is 10.2 Å². The molecule has 2 atom stereocenters. The van der Waals surface area contributed by atoms with Crippen LogP contribution in [0.3, 0.4) is 0 Å². The summed E-state index contributed by atoms with van der Waals surface area (Å²) in [5, 5.41) is 3.63. The Morgan fingerprint density at radius 1 is 1.38 bits per heavy atom. The van der Waals surface area contributed by atoms with Crippen molar-refractivity contribution in [1.29, 1.82) is 0 Å². The van der Waals surface area contributed by atoms with E-state index in [4.69, 9.17) is 0 Å². The maximum Gasteiger partial charge on any atom is 0.234 e. The second-order valence-corrected chi connectivity index (χ2v) is 6.78. The highest BCUT2D eigenvalue weighted by atomic mass is 32.2. The van der Waals surface area contributed by atoms with Crippen LogP contribution in [0.25, 0.3) is 0 Å². The van der Waals surface area contributed by atoms with Crippen molar-refractivity contribution in [3.05, 3.63) is 35.6 Å². The number of amides is 1. The number of benzene rings is 1. The normalized spacial score (nSPS) is 21.7. The second-order valence-electron chi connectivity index (χ2n) is 5.64. The minimum atomic E-state index is -0.255. The van der Waals surface area contributed by atoms with Crippen LogP contribution in [0.1, 0.15) is 24.8 Å². The molecule has 1 aliphatic carbocycles. The van der Waals surface area contributed by atoms with Crippen LogP contribution >= 0.6 is 11.8 Å². The minimum Gasteiger partial charge on any atom is -0.351 e. The standard InChI is InChI=1S/C16H23FN2OS/c1-19(14-7-8-15(9-14)21-2)11-16(20)18-10-12-3-5-13(17)6-4-12/h3-6,14-15H,7-11H2,1-2H3,(H,18,20)/t14-,15+/m1/s1. The van der Waals surface area contributed by atoms with Gasteiger partial charge in [-0.15, -0.1) is 0 Å². The first kappa shape index (κ1) is 16.3. The highest BCUT2D eigenvalue weighted by Crippen LogP contribution is 2.30. The van der Waals surface area contributed by atoms with Gasteiger partial charge >= 0.3 is 0 Å². The molecule has 1 saturated carbocycles. The SMILES string of the molecule is CS[C@H]1CC[C@@H](N(C)CC(=O)NCc2ccc(F)cc2)C1. The van der Waals surface area contributed by atoms with E-state index in [0.717, 1.165) is 10.8 Å². The van der Waals surface area contributed by atoms with Gasteiger partial charge in [-0.1, -0.05) is 12.1 Å². The maximum atomic E-state index is 12.8. The Kier molecular flexibility index (Phi) is 6.06. The van der Waals surface area contributed by atoms with E-state index < -0.39 is 0 Å². The van der Waals surface area contributed by atoms with Crippen molar-refractivity contribution in [2.75, 3.05) is 19.8 Å². The summed E-state index contributed by atoms with van der Waals surface area (Å²) in [6, 6.07) is 6.72. The molecular weight excluding hydrogens is 287 g/mol. The average molecular weight is 310 g/mol. The molecule has 0 bridgehead atoms. The van der Waals surface area contributed by atoms with E-state index in [9.17, 15) is 9.18 Å². The molecule has 1 aromatic carbocycles. The number of nitrogens with zero attached hydrogens (tertiary/aromatic N) is 1. The monoisotopic (exact) mass is 310 g/mol. The van der Waals surface area contributed by atoms with Crippen LogP contribution in [0.5, 0.6) is 0 Å². The van der Waals surface area contributed by atoms with Crippen LogP contribution in [0.15, 0.2) is 24.3 Å². The molecule has 1 fully saturated rings. The molecule has 21 heavy (non-hydrogen) atoms. The quantitative estimate of drug-likeness (QED) is 0.877. The van der Waals surface area contributed by atoms with Crippen LogP contribution in [-0.2, 0) is 11.3 Å². The van der Waals surface area contributed by atoms with Crippen LogP contribution in [-0.4, -0.2) is 41.9 Å². The molecule has 0 radical (unpaired) electrons. The molecule has 1 aliphatic rings. The van der Waals surface area contributed by atoms with E-state index in [1.807, 2.05) is 18.8 Å². The highest BCUT2D eigenvalue weighted by Gasteiger charge is 2.27. The lowest BCUT2D eigenvalue weighted by atomic mass is 10.2. The third-order valence-electron chi connectivity index (χ3n) is 4.11. The Morgan fingerprint density at radius 3 is 2.71 bits per heavy atom. The van der Waals surface area contributed by atoms with Crippen LogP contribution in [0.4, 0.5) is 4.39 Å². The average Bonchev–Trinajstić information content (AvgIpc) is 2.96. The third kappa shape index (κ3) is 5.00. The lowest BCUT2D eigenvalue weighted by Gasteiger charge is -2.23. The summed E-state index contributed by atoms with van der Waals surface area (Å²) in [4.78, 5) is 14.1. The van der Waals surface area contributed by atoms with E-state index >= 15 is 0 Å². The Bertz CT molecular complexity index is 466. The molecule has 2 rings (SSSR count). The Hall–Kier alpha value is -1.07. The molecule has 1 amide bonds. The molecule has 0 spiro atoms. The van der Waals surface area contributed by atoms with Gasteiger partial charge in [0.05, 0.1) is 6.54 Å². The van der Waals surface area contributed by atoms with Crippen molar-refractivity contribution >= 4 is 17.7 Å². The summed E-state index contributed by atoms with van der Waals surface area (Å²) >= 11 is 1.92. The molecule has 0 aromatic heterocycles. The molecule has 1 N–H and O–H groups in total. The number of rotatable bonds is 6. The van der Waals surface area contributed by atoms with E-state index in [-0.39, 0.29) is 11.7 Å². The van der Waals surface area contributed by atoms with Gasteiger partial charge in [-0.3, -0.25) is 9.69 Å². The molecule has 5 heteroatoms. The largest absolute Gasteiger partial charge is 0.351 e. The molecule has 1 aromatic rings. The van der Waals surface area contributed by atoms with Gasteiger partial charge in [0.2, 0.25) is 5.91 Å². The summed E-state index contributed by atoms with van der Waals surface area (Å²) in [5.74, 6) is -0.233. The van der Waals surface area contributed by atoms with Gasteiger partial charge in [-0.25, -0.2) is 4.39 Å². The number of nitrogens with one attached hydrogen (secondary N) is 1. The van der Waals surface area contributed by atoms with Gasteiger partial charge in [0, 0.05) is 17.8 Å². The van der Waals surface area contributed by atoms with Gasteiger partial charge in [0.25, 0.3) is 0 Å².